The molecule has 3 heterocycles. The van der Waals surface area contributed by atoms with Crippen molar-refractivity contribution >= 4 is 52.5 Å². The first-order valence-electron chi connectivity index (χ1n) is 11.1. The number of halogens is 5. The van der Waals surface area contributed by atoms with Crippen LogP contribution in [0.2, 0.25) is 10.0 Å². The summed E-state index contributed by atoms with van der Waals surface area (Å²) in [4.78, 5) is 57.0. The van der Waals surface area contributed by atoms with Crippen LogP contribution in [0.5, 0.6) is 0 Å². The van der Waals surface area contributed by atoms with E-state index in [0.717, 1.165) is 28.0 Å². The highest BCUT2D eigenvalue weighted by atomic mass is 35.5. The van der Waals surface area contributed by atoms with Crippen LogP contribution in [0.4, 0.5) is 8.78 Å². The lowest BCUT2D eigenvalue weighted by atomic mass is 10.1. The number of nitrogens with zero attached hydrogens (tertiary/aromatic N) is 2. The molecule has 2 aromatic carbocycles. The van der Waals surface area contributed by atoms with Gasteiger partial charge in [0.15, 0.2) is 0 Å². The summed E-state index contributed by atoms with van der Waals surface area (Å²) in [6.45, 7) is 0.129. The lowest BCUT2D eigenvalue weighted by molar-refractivity contribution is 0.0740. The number of H-pyrrole nitrogens is 2. The number of carbonyl (C=O) groups is 1. The van der Waals surface area contributed by atoms with Crippen LogP contribution in [-0.2, 0) is 18.5 Å². The van der Waals surface area contributed by atoms with Gasteiger partial charge < -0.3 is 14.9 Å². The fourth-order valence-electron chi connectivity index (χ4n) is 4.15. The summed E-state index contributed by atoms with van der Waals surface area (Å²) in [5, 5.41) is -3.52. The van der Waals surface area contributed by atoms with Crippen LogP contribution < -0.4 is 16.8 Å². The quantitative estimate of drug-likeness (QED) is 0.305. The van der Waals surface area contributed by atoms with Gasteiger partial charge >= 0.3 is 11.1 Å². The number of hydrogen-bond donors (Lipinski definition) is 2. The third kappa shape index (κ3) is 5.27. The molecule has 200 valence electrons. The van der Waals surface area contributed by atoms with Gasteiger partial charge in [0, 0.05) is 35.1 Å². The van der Waals surface area contributed by atoms with E-state index in [0.29, 0.717) is 11.3 Å². The minimum atomic E-state index is -3.91. The monoisotopic (exact) mass is 610 g/mol. The molecule has 2 N–H and O–H groups in total. The Labute approximate surface area is 237 Å². The molecule has 5 rings (SSSR count). The number of benzene rings is 2. The summed E-state index contributed by atoms with van der Waals surface area (Å²) >= 11 is 18.4. The maximum Gasteiger partial charge on any atom is 0.362 e. The van der Waals surface area contributed by atoms with E-state index in [1.807, 2.05) is 4.98 Å². The van der Waals surface area contributed by atoms with Gasteiger partial charge in [0.2, 0.25) is 0 Å². The Bertz CT molecular complexity index is 1770. The highest BCUT2D eigenvalue weighted by Gasteiger charge is 2.34. The third-order valence-corrected chi connectivity index (χ3v) is 8.20. The van der Waals surface area contributed by atoms with Crippen molar-refractivity contribution in [2.45, 2.75) is 28.3 Å². The molecule has 0 saturated heterocycles. The average molecular weight is 612 g/mol. The molecule has 14 heteroatoms. The predicted molar refractivity (Wildman–Crippen MR) is 144 cm³/mol. The minimum absolute atomic E-state index is 0.0330. The maximum atomic E-state index is 13.9. The highest BCUT2D eigenvalue weighted by Crippen LogP contribution is 2.41. The molecular weight excluding hydrogens is 597 g/mol. The molecule has 4 aromatic rings. The number of hydrogen-bond acceptors (Lipinski definition) is 5. The van der Waals surface area contributed by atoms with Crippen molar-refractivity contribution in [1.29, 1.82) is 0 Å². The number of nitrogens with one attached hydrogen (secondary N) is 2. The van der Waals surface area contributed by atoms with Crippen LogP contribution in [0.1, 0.15) is 27.2 Å². The van der Waals surface area contributed by atoms with Gasteiger partial charge in [-0.3, -0.25) is 14.4 Å². The largest absolute Gasteiger partial charge is 0.362 e. The van der Waals surface area contributed by atoms with Crippen LogP contribution in [0, 0.1) is 0 Å². The topological polar surface area (TPSA) is 108 Å². The van der Waals surface area contributed by atoms with E-state index >= 15 is 0 Å². The zero-order valence-electron chi connectivity index (χ0n) is 19.4. The Morgan fingerprint density at radius 2 is 1.67 bits per heavy atom. The SMILES string of the molecule is O=C(c1c(Sc2c(Cl)cccc2Cl)cc(C(F)(F)Cl)[nH]c1=O)N1Cc2ccc(-n3c(=O)cc[nH]c3=O)cc2C1. The summed E-state index contributed by atoms with van der Waals surface area (Å²) in [5.41, 5.74) is -1.87. The molecule has 0 unspecified atom stereocenters. The first kappa shape index (κ1) is 27.2. The van der Waals surface area contributed by atoms with Crippen LogP contribution >= 0.6 is 46.6 Å². The van der Waals surface area contributed by atoms with E-state index in [2.05, 4.69) is 4.98 Å². The Balaban J connectivity index is 1.54. The van der Waals surface area contributed by atoms with E-state index in [-0.39, 0.29) is 32.9 Å². The fraction of sp³-hybridized carbons (Fsp3) is 0.120. The van der Waals surface area contributed by atoms with E-state index < -0.39 is 39.4 Å². The second-order valence-corrected chi connectivity index (χ2v) is 10.8. The average Bonchev–Trinajstić information content (AvgIpc) is 3.29. The summed E-state index contributed by atoms with van der Waals surface area (Å²) in [5.74, 6) is -0.737. The fourth-order valence-corrected chi connectivity index (χ4v) is 5.89. The zero-order chi connectivity index (χ0) is 28.1. The van der Waals surface area contributed by atoms with Crippen LogP contribution in [0.25, 0.3) is 5.69 Å². The van der Waals surface area contributed by atoms with Gasteiger partial charge in [-0.2, -0.15) is 8.78 Å². The van der Waals surface area contributed by atoms with Crippen molar-refractivity contribution < 1.29 is 13.6 Å². The summed E-state index contributed by atoms with van der Waals surface area (Å²) < 4.78 is 28.8. The second kappa shape index (κ2) is 10.3. The molecule has 1 aliphatic heterocycles. The molecule has 0 spiro atoms. The van der Waals surface area contributed by atoms with Crippen molar-refractivity contribution in [2.24, 2.45) is 0 Å². The number of aromatic nitrogens is 3. The molecule has 0 saturated carbocycles. The summed E-state index contributed by atoms with van der Waals surface area (Å²) in [6, 6.07) is 11.6. The lowest BCUT2D eigenvalue weighted by Crippen LogP contribution is -2.33. The maximum absolute atomic E-state index is 13.9. The molecule has 0 radical (unpaired) electrons. The second-order valence-electron chi connectivity index (χ2n) is 8.47. The van der Waals surface area contributed by atoms with Gasteiger partial charge in [-0.05, 0) is 53.1 Å². The third-order valence-electron chi connectivity index (χ3n) is 5.96. The van der Waals surface area contributed by atoms with Gasteiger partial charge in [-0.25, -0.2) is 9.36 Å². The highest BCUT2D eigenvalue weighted by molar-refractivity contribution is 7.99. The zero-order valence-corrected chi connectivity index (χ0v) is 22.5. The first-order chi connectivity index (χ1) is 18.4. The smallest absolute Gasteiger partial charge is 0.330 e. The predicted octanol–water partition coefficient (Wildman–Crippen LogP) is 5.12. The molecular formula is C25H15Cl3F2N4O4S. The standard InChI is InChI=1S/C25H15Cl3F2N4O4S/c26-15-2-1-3-16(27)21(15)39-17-9-18(25(28,29)30)32-22(36)20(17)23(37)33-10-12-4-5-14(8-13(12)11-33)34-19(35)6-7-31-24(34)38/h1-9H,10-11H2,(H,31,38)(H,32,36). The molecule has 1 aliphatic rings. The van der Waals surface area contributed by atoms with Crippen LogP contribution in [0.3, 0.4) is 0 Å². The van der Waals surface area contributed by atoms with Crippen LogP contribution in [0.15, 0.2) is 78.9 Å². The van der Waals surface area contributed by atoms with Gasteiger partial charge in [-0.1, -0.05) is 47.1 Å². The number of carbonyl (C=O) groups excluding carboxylic acids is 1. The summed E-state index contributed by atoms with van der Waals surface area (Å²) in [7, 11) is 0. The van der Waals surface area contributed by atoms with Crippen molar-refractivity contribution in [2.75, 3.05) is 0 Å². The number of aromatic amines is 2. The number of pyridine rings is 1. The van der Waals surface area contributed by atoms with E-state index in [1.165, 1.54) is 29.3 Å². The van der Waals surface area contributed by atoms with Crippen molar-refractivity contribution in [1.82, 2.24) is 19.4 Å². The number of rotatable bonds is 5. The summed E-state index contributed by atoms with van der Waals surface area (Å²) in [6.07, 6.45) is 1.24. The molecule has 8 nitrogen and oxygen atoms in total. The number of alkyl halides is 3. The molecule has 1 amide bonds. The number of amides is 1. The Morgan fingerprint density at radius 3 is 2.33 bits per heavy atom. The van der Waals surface area contributed by atoms with Gasteiger partial charge in [-0.15, -0.1) is 0 Å². The molecule has 39 heavy (non-hydrogen) atoms. The van der Waals surface area contributed by atoms with E-state index in [4.69, 9.17) is 34.8 Å². The van der Waals surface area contributed by atoms with Gasteiger partial charge in [0.25, 0.3) is 17.0 Å². The lowest BCUT2D eigenvalue weighted by Gasteiger charge is -2.19. The Morgan fingerprint density at radius 1 is 0.974 bits per heavy atom. The van der Waals surface area contributed by atoms with Gasteiger partial charge in [0.1, 0.15) is 11.3 Å². The van der Waals surface area contributed by atoms with Gasteiger partial charge in [0.05, 0.1) is 15.7 Å². The Kier molecular flexibility index (Phi) is 7.19. The van der Waals surface area contributed by atoms with Crippen molar-refractivity contribution in [3.05, 3.63) is 118 Å². The molecule has 0 fully saturated rings. The van der Waals surface area contributed by atoms with Crippen molar-refractivity contribution in [3.63, 3.8) is 0 Å². The molecule has 2 aromatic heterocycles. The Hall–Kier alpha value is -3.38. The molecule has 0 atom stereocenters. The van der Waals surface area contributed by atoms with Crippen LogP contribution in [-0.4, -0.2) is 25.3 Å². The van der Waals surface area contributed by atoms with E-state index in [1.54, 1.807) is 24.3 Å². The van der Waals surface area contributed by atoms with Crippen molar-refractivity contribution in [3.8, 4) is 5.69 Å². The first-order valence-corrected chi connectivity index (χ1v) is 13.1. The number of fused-ring (bicyclic) bond motifs is 1. The van der Waals surface area contributed by atoms with E-state index in [9.17, 15) is 28.0 Å². The molecule has 0 aliphatic carbocycles. The normalized spacial score (nSPS) is 13.0. The minimum Gasteiger partial charge on any atom is -0.330 e. The molecule has 0 bridgehead atoms.